The molecule has 5 rings (SSSR count). The van der Waals surface area contributed by atoms with Gasteiger partial charge in [-0.2, -0.15) is 0 Å². The highest BCUT2D eigenvalue weighted by atomic mass is 35.5. The van der Waals surface area contributed by atoms with Crippen LogP contribution in [0.15, 0.2) is 61.3 Å². The number of nitrogens with one attached hydrogen (secondary N) is 2. The Morgan fingerprint density at radius 2 is 2.03 bits per heavy atom. The minimum Gasteiger partial charge on any atom is -0.490 e. The lowest BCUT2D eigenvalue weighted by Gasteiger charge is -2.29. The van der Waals surface area contributed by atoms with Crippen LogP contribution in [0.4, 0.5) is 11.5 Å². The predicted molar refractivity (Wildman–Crippen MR) is 150 cm³/mol. The lowest BCUT2D eigenvalue weighted by Crippen LogP contribution is -2.55. The average molecular weight is 548 g/mol. The summed E-state index contributed by atoms with van der Waals surface area (Å²) in [4.78, 5) is 32.1. The Morgan fingerprint density at radius 3 is 2.77 bits per heavy atom. The molecule has 0 aliphatic carbocycles. The van der Waals surface area contributed by atoms with Crippen LogP contribution in [-0.4, -0.2) is 69.9 Å². The summed E-state index contributed by atoms with van der Waals surface area (Å²) in [7, 11) is 3.79. The van der Waals surface area contributed by atoms with Gasteiger partial charge in [-0.15, -0.1) is 0 Å². The van der Waals surface area contributed by atoms with Gasteiger partial charge in [0.05, 0.1) is 34.4 Å². The summed E-state index contributed by atoms with van der Waals surface area (Å²) in [6.45, 7) is 1.61. The molecule has 3 heterocycles. The number of hydrogen-bond donors (Lipinski definition) is 2. The van der Waals surface area contributed by atoms with Crippen molar-refractivity contribution in [3.05, 3.63) is 72.0 Å². The Labute approximate surface area is 231 Å². The van der Waals surface area contributed by atoms with Crippen LogP contribution in [0.3, 0.4) is 0 Å². The van der Waals surface area contributed by atoms with Gasteiger partial charge in [-0.05, 0) is 63.8 Å². The van der Waals surface area contributed by atoms with Gasteiger partial charge in [0.15, 0.2) is 5.78 Å². The minimum absolute atomic E-state index is 0.121. The van der Waals surface area contributed by atoms with Gasteiger partial charge in [0, 0.05) is 18.1 Å². The highest BCUT2D eigenvalue weighted by molar-refractivity contribution is 6.32. The minimum atomic E-state index is -0.718. The van der Waals surface area contributed by atoms with Crippen LogP contribution >= 0.6 is 11.6 Å². The van der Waals surface area contributed by atoms with E-state index < -0.39 is 5.54 Å². The third-order valence-electron chi connectivity index (χ3n) is 6.52. The van der Waals surface area contributed by atoms with E-state index in [1.54, 1.807) is 30.7 Å². The van der Waals surface area contributed by atoms with Crippen molar-refractivity contribution >= 4 is 39.8 Å². The maximum Gasteiger partial charge on any atom is 0.170 e. The summed E-state index contributed by atoms with van der Waals surface area (Å²) in [5.74, 6) is 1.81. The number of hydrogen-bond acceptors (Lipinski definition) is 10. The van der Waals surface area contributed by atoms with E-state index in [-0.39, 0.29) is 19.0 Å². The number of aromatic nitrogens is 4. The van der Waals surface area contributed by atoms with Gasteiger partial charge in [0.25, 0.3) is 0 Å². The molecule has 2 N–H and O–H groups in total. The molecule has 1 aliphatic rings. The largest absolute Gasteiger partial charge is 0.490 e. The predicted octanol–water partition coefficient (Wildman–Crippen LogP) is 4.03. The fraction of sp³-hybridized carbons (Fsp3) is 0.321. The number of anilines is 2. The third-order valence-corrected chi connectivity index (χ3v) is 6.82. The van der Waals surface area contributed by atoms with Gasteiger partial charge < -0.3 is 25.0 Å². The normalized spacial score (nSPS) is 16.9. The van der Waals surface area contributed by atoms with E-state index in [4.69, 9.17) is 21.1 Å². The molecule has 2 aromatic carbocycles. The molecule has 1 fully saturated rings. The van der Waals surface area contributed by atoms with Crippen molar-refractivity contribution in [1.82, 2.24) is 30.2 Å². The second kappa shape index (κ2) is 11.9. The smallest absolute Gasteiger partial charge is 0.170 e. The molecule has 0 unspecified atom stereocenters. The maximum absolute atomic E-state index is 13.1. The number of halogens is 1. The summed E-state index contributed by atoms with van der Waals surface area (Å²) >= 11 is 6.51. The van der Waals surface area contributed by atoms with E-state index in [1.807, 2.05) is 43.3 Å². The molecule has 0 spiro atoms. The molecule has 202 valence electrons. The van der Waals surface area contributed by atoms with E-state index in [2.05, 4.69) is 30.6 Å². The van der Waals surface area contributed by atoms with Crippen LogP contribution in [0.1, 0.15) is 18.5 Å². The third kappa shape index (κ3) is 6.25. The van der Waals surface area contributed by atoms with Crippen LogP contribution in [0.2, 0.25) is 5.02 Å². The van der Waals surface area contributed by atoms with Crippen molar-refractivity contribution < 1.29 is 14.3 Å². The molecule has 0 amide bonds. The molecule has 1 atom stereocenters. The number of fused-ring (bicyclic) bond motifs is 1. The lowest BCUT2D eigenvalue weighted by atomic mass is 9.92. The van der Waals surface area contributed by atoms with E-state index in [1.165, 1.54) is 6.33 Å². The van der Waals surface area contributed by atoms with E-state index >= 15 is 0 Å². The number of likely N-dealkylation sites (N-methyl/N-ethyl adjacent to an activating group) is 1. The SMILES string of the molecule is CN(C)CC(=O)[C@]1(COc2cccc3ncnc(Nc4ccc(OCc5cnccn5)c(Cl)c4)c23)CCCN1. The fourth-order valence-electron chi connectivity index (χ4n) is 4.57. The zero-order valence-corrected chi connectivity index (χ0v) is 22.6. The van der Waals surface area contributed by atoms with Gasteiger partial charge in [-0.3, -0.25) is 14.8 Å². The van der Waals surface area contributed by atoms with E-state index in [9.17, 15) is 4.79 Å². The Kier molecular flexibility index (Phi) is 8.16. The first-order valence-electron chi connectivity index (χ1n) is 12.7. The summed E-state index contributed by atoms with van der Waals surface area (Å²) in [5, 5.41) is 7.88. The molecule has 1 saturated heterocycles. The summed E-state index contributed by atoms with van der Waals surface area (Å²) in [6.07, 6.45) is 8.02. The topological polar surface area (TPSA) is 114 Å². The first-order valence-corrected chi connectivity index (χ1v) is 13.1. The number of rotatable bonds is 11. The van der Waals surface area contributed by atoms with Gasteiger partial charge in [-0.25, -0.2) is 9.97 Å². The van der Waals surface area contributed by atoms with Crippen molar-refractivity contribution in [2.75, 3.05) is 39.1 Å². The Morgan fingerprint density at radius 1 is 1.13 bits per heavy atom. The summed E-state index contributed by atoms with van der Waals surface area (Å²) in [5.41, 5.74) is 1.42. The zero-order chi connectivity index (χ0) is 27.2. The van der Waals surface area contributed by atoms with Crippen molar-refractivity contribution in [3.63, 3.8) is 0 Å². The maximum atomic E-state index is 13.1. The molecule has 11 heteroatoms. The number of carbonyl (C=O) groups excluding carboxylic acids is 1. The molecule has 10 nitrogen and oxygen atoms in total. The number of ketones is 1. The van der Waals surface area contributed by atoms with Crippen LogP contribution in [0.5, 0.6) is 11.5 Å². The first kappa shape index (κ1) is 26.7. The highest BCUT2D eigenvalue weighted by Crippen LogP contribution is 2.35. The Hall–Kier alpha value is -3.86. The van der Waals surface area contributed by atoms with E-state index in [0.717, 1.165) is 25.1 Å². The van der Waals surface area contributed by atoms with E-state index in [0.29, 0.717) is 45.5 Å². The summed E-state index contributed by atoms with van der Waals surface area (Å²) in [6, 6.07) is 11.0. The van der Waals surface area contributed by atoms with Crippen LogP contribution in [-0.2, 0) is 11.4 Å². The number of benzene rings is 2. The molecular formula is C28H30ClN7O3. The number of Topliss-reactive ketones (excluding diaryl/α,β-unsaturated/α-hetero) is 1. The molecule has 0 saturated carbocycles. The first-order chi connectivity index (χ1) is 18.9. The number of ether oxygens (including phenoxy) is 2. The molecule has 1 aliphatic heterocycles. The standard InChI is InChI=1S/C28H30ClN7O3/c1-36(2)15-25(37)28(9-4-10-34-28)17-39-24-6-3-5-22-26(24)27(33-18-32-22)35-19-7-8-23(21(29)13-19)38-16-20-14-30-11-12-31-20/h3,5-8,11-14,18,34H,4,9-10,15-17H2,1-2H3,(H,32,33,35)/t28-/m1/s1. The van der Waals surface area contributed by atoms with Crippen molar-refractivity contribution in [1.29, 1.82) is 0 Å². The van der Waals surface area contributed by atoms with Crippen LogP contribution in [0, 0.1) is 0 Å². The fourth-order valence-corrected chi connectivity index (χ4v) is 4.80. The number of nitrogens with zero attached hydrogens (tertiary/aromatic N) is 5. The van der Waals surface area contributed by atoms with Gasteiger partial charge in [-0.1, -0.05) is 17.7 Å². The molecule has 2 aromatic heterocycles. The van der Waals surface area contributed by atoms with Crippen molar-refractivity contribution in [3.8, 4) is 11.5 Å². The molecule has 4 aromatic rings. The lowest BCUT2D eigenvalue weighted by molar-refractivity contribution is -0.126. The molecule has 0 bridgehead atoms. The highest BCUT2D eigenvalue weighted by Gasteiger charge is 2.41. The van der Waals surface area contributed by atoms with Crippen molar-refractivity contribution in [2.24, 2.45) is 0 Å². The zero-order valence-electron chi connectivity index (χ0n) is 21.9. The van der Waals surface area contributed by atoms with Crippen LogP contribution < -0.4 is 20.1 Å². The summed E-state index contributed by atoms with van der Waals surface area (Å²) < 4.78 is 12.1. The second-order valence-electron chi connectivity index (χ2n) is 9.69. The Balaban J connectivity index is 1.35. The molecular weight excluding hydrogens is 518 g/mol. The molecule has 0 radical (unpaired) electrons. The van der Waals surface area contributed by atoms with Crippen LogP contribution in [0.25, 0.3) is 10.9 Å². The Bertz CT molecular complexity index is 1440. The van der Waals surface area contributed by atoms with Gasteiger partial charge in [0.1, 0.15) is 42.4 Å². The van der Waals surface area contributed by atoms with Crippen molar-refractivity contribution in [2.45, 2.75) is 25.0 Å². The van der Waals surface area contributed by atoms with Gasteiger partial charge in [0.2, 0.25) is 0 Å². The van der Waals surface area contributed by atoms with Gasteiger partial charge >= 0.3 is 0 Å². The quantitative estimate of drug-likeness (QED) is 0.285. The monoisotopic (exact) mass is 547 g/mol. The number of carbonyl (C=O) groups is 1. The molecule has 39 heavy (non-hydrogen) atoms. The second-order valence-corrected chi connectivity index (χ2v) is 10.1. The average Bonchev–Trinajstić information content (AvgIpc) is 3.42.